The van der Waals surface area contributed by atoms with Gasteiger partial charge in [0.25, 0.3) is 5.91 Å². The first-order valence-electron chi connectivity index (χ1n) is 7.40. The van der Waals surface area contributed by atoms with E-state index in [0.717, 1.165) is 25.8 Å². The number of carbonyl (C=O) groups is 1. The van der Waals surface area contributed by atoms with Crippen molar-refractivity contribution in [3.8, 4) is 0 Å². The van der Waals surface area contributed by atoms with Crippen molar-refractivity contribution in [1.29, 1.82) is 0 Å². The highest BCUT2D eigenvalue weighted by atomic mass is 16.3. The van der Waals surface area contributed by atoms with Crippen LogP contribution in [0.25, 0.3) is 0 Å². The Bertz CT molecular complexity index is 606. The number of rotatable bonds is 4. The summed E-state index contributed by atoms with van der Waals surface area (Å²) in [5.74, 6) is 0.703. The third-order valence-electron chi connectivity index (χ3n) is 4.05. The fraction of sp³-hybridized carbons (Fsp3) is 0.353. The van der Waals surface area contributed by atoms with Crippen LogP contribution in [0.1, 0.15) is 34.5 Å². The molecule has 4 nitrogen and oxygen atoms in total. The Hall–Kier alpha value is -2.07. The van der Waals surface area contributed by atoms with Crippen molar-refractivity contribution in [1.82, 2.24) is 4.90 Å². The van der Waals surface area contributed by atoms with E-state index in [1.54, 1.807) is 6.07 Å². The molecule has 2 aromatic rings. The number of carbonyl (C=O) groups excluding carboxylic acids is 1. The molecular weight excluding hydrogens is 264 g/mol. The van der Waals surface area contributed by atoms with Crippen LogP contribution in [0.5, 0.6) is 0 Å². The first kappa shape index (κ1) is 13.9. The van der Waals surface area contributed by atoms with Crippen molar-refractivity contribution in [2.45, 2.75) is 31.8 Å². The van der Waals surface area contributed by atoms with Crippen molar-refractivity contribution in [2.75, 3.05) is 6.54 Å². The lowest BCUT2D eigenvalue weighted by Crippen LogP contribution is -2.36. The number of hydrogen-bond acceptors (Lipinski definition) is 3. The number of amides is 1. The van der Waals surface area contributed by atoms with Crippen LogP contribution in [-0.4, -0.2) is 23.4 Å². The molecule has 2 heterocycles. The fourth-order valence-electron chi connectivity index (χ4n) is 2.97. The molecule has 0 saturated carbocycles. The van der Waals surface area contributed by atoms with Crippen LogP contribution in [0.15, 0.2) is 47.1 Å². The topological polar surface area (TPSA) is 59.5 Å². The van der Waals surface area contributed by atoms with E-state index in [4.69, 9.17) is 10.2 Å². The van der Waals surface area contributed by atoms with Crippen LogP contribution in [0.2, 0.25) is 0 Å². The summed E-state index contributed by atoms with van der Waals surface area (Å²) in [7, 11) is 0. The zero-order chi connectivity index (χ0) is 14.7. The maximum atomic E-state index is 12.6. The summed E-state index contributed by atoms with van der Waals surface area (Å²) >= 11 is 0. The second-order valence-corrected chi connectivity index (χ2v) is 5.49. The number of furan rings is 1. The first-order valence-corrected chi connectivity index (χ1v) is 7.40. The average molecular weight is 284 g/mol. The molecule has 1 amide bonds. The molecule has 1 unspecified atom stereocenters. The second kappa shape index (κ2) is 6.14. The van der Waals surface area contributed by atoms with Gasteiger partial charge in [0.05, 0.1) is 12.1 Å². The van der Waals surface area contributed by atoms with E-state index in [0.29, 0.717) is 17.9 Å². The van der Waals surface area contributed by atoms with Crippen LogP contribution in [0.3, 0.4) is 0 Å². The lowest BCUT2D eigenvalue weighted by molar-refractivity contribution is 0.0736. The van der Waals surface area contributed by atoms with Gasteiger partial charge in [0.15, 0.2) is 0 Å². The monoisotopic (exact) mass is 284 g/mol. The predicted molar refractivity (Wildman–Crippen MR) is 80.8 cm³/mol. The molecule has 2 N–H and O–H groups in total. The van der Waals surface area contributed by atoms with Crippen molar-refractivity contribution >= 4 is 5.91 Å². The van der Waals surface area contributed by atoms with Crippen LogP contribution in [0, 0.1) is 0 Å². The largest absolute Gasteiger partial charge is 0.467 e. The lowest BCUT2D eigenvalue weighted by atomic mass is 10.0. The average Bonchev–Trinajstić information content (AvgIpc) is 3.16. The van der Waals surface area contributed by atoms with Gasteiger partial charge < -0.3 is 15.1 Å². The molecule has 0 radical (unpaired) electrons. The zero-order valence-electron chi connectivity index (χ0n) is 12.0. The van der Waals surface area contributed by atoms with Crippen molar-refractivity contribution in [2.24, 2.45) is 5.73 Å². The Morgan fingerprint density at radius 1 is 1.33 bits per heavy atom. The van der Waals surface area contributed by atoms with Crippen molar-refractivity contribution < 1.29 is 9.21 Å². The molecule has 21 heavy (non-hydrogen) atoms. The number of nitrogens with zero attached hydrogens (tertiary/aromatic N) is 1. The third-order valence-corrected chi connectivity index (χ3v) is 4.05. The molecule has 1 atom stereocenters. The van der Waals surface area contributed by atoms with E-state index in [-0.39, 0.29) is 11.9 Å². The summed E-state index contributed by atoms with van der Waals surface area (Å²) in [6.45, 7) is 1.14. The van der Waals surface area contributed by atoms with Gasteiger partial charge in [0.2, 0.25) is 0 Å². The molecule has 1 saturated heterocycles. The molecule has 0 spiro atoms. The van der Waals surface area contributed by atoms with Gasteiger partial charge in [-0.1, -0.05) is 30.3 Å². The molecule has 110 valence electrons. The number of hydrogen-bond donors (Lipinski definition) is 1. The SMILES string of the molecule is NCc1cc(C(=O)N2CCCC2Cc2ccccc2)co1. The summed E-state index contributed by atoms with van der Waals surface area (Å²) in [6.07, 6.45) is 4.55. The third kappa shape index (κ3) is 3.00. The highest BCUT2D eigenvalue weighted by Gasteiger charge is 2.30. The van der Waals surface area contributed by atoms with E-state index in [2.05, 4.69) is 12.1 Å². The van der Waals surface area contributed by atoms with Gasteiger partial charge in [0.1, 0.15) is 12.0 Å². The molecule has 4 heteroatoms. The van der Waals surface area contributed by atoms with Gasteiger partial charge in [-0.15, -0.1) is 0 Å². The van der Waals surface area contributed by atoms with Crippen molar-refractivity contribution in [3.05, 3.63) is 59.5 Å². The van der Waals surface area contributed by atoms with Gasteiger partial charge in [-0.25, -0.2) is 0 Å². The summed E-state index contributed by atoms with van der Waals surface area (Å²) < 4.78 is 5.28. The molecule has 0 aliphatic carbocycles. The Kier molecular flexibility index (Phi) is 4.06. The van der Waals surface area contributed by atoms with E-state index in [9.17, 15) is 4.79 Å². The molecule has 3 rings (SSSR count). The number of likely N-dealkylation sites (tertiary alicyclic amines) is 1. The standard InChI is InChI=1S/C17H20N2O2/c18-11-16-10-14(12-21-16)17(20)19-8-4-7-15(19)9-13-5-2-1-3-6-13/h1-3,5-6,10,12,15H,4,7-9,11,18H2. The minimum Gasteiger partial charge on any atom is -0.467 e. The smallest absolute Gasteiger partial charge is 0.257 e. The van der Waals surface area contributed by atoms with Crippen molar-refractivity contribution in [3.63, 3.8) is 0 Å². The fourth-order valence-corrected chi connectivity index (χ4v) is 2.97. The zero-order valence-corrected chi connectivity index (χ0v) is 12.0. The van der Waals surface area contributed by atoms with Crippen LogP contribution >= 0.6 is 0 Å². The summed E-state index contributed by atoms with van der Waals surface area (Å²) in [4.78, 5) is 14.6. The van der Waals surface area contributed by atoms with E-state index < -0.39 is 0 Å². The molecule has 1 aromatic carbocycles. The van der Waals surface area contributed by atoms with Crippen LogP contribution in [0.4, 0.5) is 0 Å². The van der Waals surface area contributed by atoms with Gasteiger partial charge in [0, 0.05) is 12.6 Å². The van der Waals surface area contributed by atoms with Crippen LogP contribution < -0.4 is 5.73 Å². The summed E-state index contributed by atoms with van der Waals surface area (Å²) in [5, 5.41) is 0. The second-order valence-electron chi connectivity index (χ2n) is 5.49. The number of benzene rings is 1. The summed E-state index contributed by atoms with van der Waals surface area (Å²) in [6, 6.07) is 12.4. The van der Waals surface area contributed by atoms with Gasteiger partial charge in [-0.3, -0.25) is 4.79 Å². The Labute approximate surface area is 124 Å². The molecular formula is C17H20N2O2. The quantitative estimate of drug-likeness (QED) is 0.938. The Morgan fingerprint density at radius 3 is 2.86 bits per heavy atom. The normalized spacial score (nSPS) is 18.1. The summed E-state index contributed by atoms with van der Waals surface area (Å²) in [5.41, 5.74) is 7.41. The van der Waals surface area contributed by atoms with Crippen LogP contribution in [-0.2, 0) is 13.0 Å². The Balaban J connectivity index is 1.72. The minimum absolute atomic E-state index is 0.0527. The van der Waals surface area contributed by atoms with Gasteiger partial charge in [-0.05, 0) is 30.9 Å². The molecule has 0 bridgehead atoms. The van der Waals surface area contributed by atoms with E-state index in [1.165, 1.54) is 11.8 Å². The van der Waals surface area contributed by atoms with Gasteiger partial charge >= 0.3 is 0 Å². The molecule has 1 aliphatic heterocycles. The minimum atomic E-state index is 0.0527. The number of nitrogens with two attached hydrogens (primary N) is 1. The molecule has 1 fully saturated rings. The lowest BCUT2D eigenvalue weighted by Gasteiger charge is -2.24. The molecule has 1 aliphatic rings. The Morgan fingerprint density at radius 2 is 2.14 bits per heavy atom. The van der Waals surface area contributed by atoms with E-state index >= 15 is 0 Å². The highest BCUT2D eigenvalue weighted by molar-refractivity contribution is 5.94. The first-order chi connectivity index (χ1) is 10.3. The highest BCUT2D eigenvalue weighted by Crippen LogP contribution is 2.24. The maximum absolute atomic E-state index is 12.6. The van der Waals surface area contributed by atoms with E-state index in [1.807, 2.05) is 23.1 Å². The predicted octanol–water partition coefficient (Wildman–Crippen LogP) is 2.59. The maximum Gasteiger partial charge on any atom is 0.257 e. The molecule has 1 aromatic heterocycles. The van der Waals surface area contributed by atoms with Gasteiger partial charge in [-0.2, -0.15) is 0 Å².